The molecule has 2 amide bonds. The van der Waals surface area contributed by atoms with Crippen molar-refractivity contribution < 1.29 is 14.3 Å². The highest BCUT2D eigenvalue weighted by molar-refractivity contribution is 5.92. The van der Waals surface area contributed by atoms with Crippen molar-refractivity contribution in [3.8, 4) is 6.07 Å². The average molecular weight is 399 g/mol. The number of rotatable bonds is 8. The molecule has 2 aliphatic rings. The van der Waals surface area contributed by atoms with Crippen LogP contribution in [0.3, 0.4) is 0 Å². The van der Waals surface area contributed by atoms with Gasteiger partial charge in [0.15, 0.2) is 0 Å². The quantitative estimate of drug-likeness (QED) is 0.682. The Morgan fingerprint density at radius 2 is 1.83 bits per heavy atom. The summed E-state index contributed by atoms with van der Waals surface area (Å²) in [5.74, 6) is -0.207. The van der Waals surface area contributed by atoms with E-state index in [4.69, 9.17) is 4.74 Å². The highest BCUT2D eigenvalue weighted by atomic mass is 16.5. The molecule has 156 valence electrons. The van der Waals surface area contributed by atoms with Gasteiger partial charge in [0, 0.05) is 24.5 Å². The number of nitrogens with one attached hydrogen (secondary N) is 2. The Labute approximate surface area is 171 Å². The summed E-state index contributed by atoms with van der Waals surface area (Å²) < 4.78 is 5.36. The number of hydrogen-bond acceptors (Lipinski definition) is 6. The number of nitriles is 1. The molecule has 1 saturated carbocycles. The van der Waals surface area contributed by atoms with Crippen molar-refractivity contribution in [1.29, 1.82) is 5.26 Å². The summed E-state index contributed by atoms with van der Waals surface area (Å²) in [6, 6.07) is 9.93. The third kappa shape index (κ3) is 5.92. The Hall–Kier alpha value is -2.63. The monoisotopic (exact) mass is 399 g/mol. The molecule has 0 aromatic heterocycles. The lowest BCUT2D eigenvalue weighted by Crippen LogP contribution is -2.50. The number of ether oxygens (including phenoxy) is 1. The maximum absolute atomic E-state index is 12.3. The summed E-state index contributed by atoms with van der Waals surface area (Å²) in [6.07, 6.45) is 1.93. The van der Waals surface area contributed by atoms with Gasteiger partial charge in [-0.2, -0.15) is 5.26 Å². The SMILES string of the molecule is CN(CC(=O)Nc1ccc(N2CCOCC2)cc1)CC(=O)N[C@](C)(C#N)C1CC1. The van der Waals surface area contributed by atoms with Gasteiger partial charge < -0.3 is 20.3 Å². The summed E-state index contributed by atoms with van der Waals surface area (Å²) in [5, 5.41) is 15.0. The van der Waals surface area contributed by atoms with Crippen molar-refractivity contribution >= 4 is 23.2 Å². The lowest BCUT2D eigenvalue weighted by Gasteiger charge is -2.29. The molecule has 1 aromatic rings. The van der Waals surface area contributed by atoms with Crippen LogP contribution in [0.4, 0.5) is 11.4 Å². The number of benzene rings is 1. The summed E-state index contributed by atoms with van der Waals surface area (Å²) in [4.78, 5) is 28.4. The van der Waals surface area contributed by atoms with Gasteiger partial charge in [0.25, 0.3) is 0 Å². The molecule has 8 nitrogen and oxygen atoms in total. The van der Waals surface area contributed by atoms with Crippen LogP contribution in [-0.2, 0) is 14.3 Å². The molecule has 1 atom stereocenters. The van der Waals surface area contributed by atoms with Gasteiger partial charge in [0.1, 0.15) is 5.54 Å². The van der Waals surface area contributed by atoms with Gasteiger partial charge in [-0.1, -0.05) is 0 Å². The Morgan fingerprint density at radius 3 is 2.41 bits per heavy atom. The van der Waals surface area contributed by atoms with Gasteiger partial charge >= 0.3 is 0 Å². The van der Waals surface area contributed by atoms with Crippen molar-refractivity contribution in [1.82, 2.24) is 10.2 Å². The molecule has 1 heterocycles. The van der Waals surface area contributed by atoms with E-state index in [2.05, 4.69) is 21.6 Å². The predicted molar refractivity (Wildman–Crippen MR) is 110 cm³/mol. The lowest BCUT2D eigenvalue weighted by molar-refractivity contribution is -0.124. The van der Waals surface area contributed by atoms with Gasteiger partial charge in [-0.15, -0.1) is 0 Å². The number of amides is 2. The standard InChI is InChI=1S/C21H29N5O3/c1-21(15-22,16-3-4-16)24-20(28)14-25(2)13-19(27)23-17-5-7-18(8-6-17)26-9-11-29-12-10-26/h5-8,16H,3-4,9-14H2,1-2H3,(H,23,27)(H,24,28)/t21-/m1/s1. The minimum atomic E-state index is -0.817. The Bertz CT molecular complexity index is 766. The highest BCUT2D eigenvalue weighted by Gasteiger charge is 2.43. The van der Waals surface area contributed by atoms with Gasteiger partial charge in [0.2, 0.25) is 11.8 Å². The first-order chi connectivity index (χ1) is 13.9. The molecule has 3 rings (SSSR count). The second-order valence-electron chi connectivity index (χ2n) is 8.00. The van der Waals surface area contributed by atoms with E-state index in [1.54, 1.807) is 18.9 Å². The van der Waals surface area contributed by atoms with Gasteiger partial charge in [-0.25, -0.2) is 0 Å². The number of morpholine rings is 1. The van der Waals surface area contributed by atoms with Gasteiger partial charge in [-0.3, -0.25) is 14.5 Å². The van der Waals surface area contributed by atoms with Crippen molar-refractivity contribution in [2.24, 2.45) is 5.92 Å². The summed E-state index contributed by atoms with van der Waals surface area (Å²) in [7, 11) is 1.71. The second kappa shape index (κ2) is 9.25. The zero-order valence-corrected chi connectivity index (χ0v) is 17.1. The predicted octanol–water partition coefficient (Wildman–Crippen LogP) is 1.20. The molecule has 8 heteroatoms. The third-order valence-electron chi connectivity index (χ3n) is 5.38. The zero-order valence-electron chi connectivity index (χ0n) is 17.1. The second-order valence-corrected chi connectivity index (χ2v) is 8.00. The Balaban J connectivity index is 1.43. The molecule has 1 aliphatic heterocycles. The van der Waals surface area contributed by atoms with E-state index in [1.165, 1.54) is 0 Å². The number of carbonyl (C=O) groups excluding carboxylic acids is 2. The lowest BCUT2D eigenvalue weighted by atomic mass is 9.98. The van der Waals surface area contributed by atoms with E-state index in [1.807, 2.05) is 24.3 Å². The fourth-order valence-electron chi connectivity index (χ4n) is 3.53. The summed E-state index contributed by atoms with van der Waals surface area (Å²) in [5.41, 5.74) is 1.01. The third-order valence-corrected chi connectivity index (χ3v) is 5.38. The molecule has 1 aromatic carbocycles. The molecule has 2 fully saturated rings. The minimum Gasteiger partial charge on any atom is -0.378 e. The highest BCUT2D eigenvalue weighted by Crippen LogP contribution is 2.39. The van der Waals surface area contributed by atoms with E-state index in [-0.39, 0.29) is 30.8 Å². The Kier molecular flexibility index (Phi) is 6.72. The molecule has 0 unspecified atom stereocenters. The smallest absolute Gasteiger partial charge is 0.238 e. The largest absolute Gasteiger partial charge is 0.378 e. The molecule has 2 N–H and O–H groups in total. The number of anilines is 2. The average Bonchev–Trinajstić information content (AvgIpc) is 3.54. The molecule has 29 heavy (non-hydrogen) atoms. The maximum atomic E-state index is 12.3. The van der Waals surface area contributed by atoms with Crippen LogP contribution in [-0.4, -0.2) is 68.7 Å². The fraction of sp³-hybridized carbons (Fsp3) is 0.571. The van der Waals surface area contributed by atoms with Crippen molar-refractivity contribution in [3.05, 3.63) is 24.3 Å². The van der Waals surface area contributed by atoms with Crippen molar-refractivity contribution in [2.45, 2.75) is 25.3 Å². The van der Waals surface area contributed by atoms with Crippen LogP contribution in [0.2, 0.25) is 0 Å². The van der Waals surface area contributed by atoms with Crippen LogP contribution in [0, 0.1) is 17.2 Å². The first-order valence-corrected chi connectivity index (χ1v) is 10.0. The maximum Gasteiger partial charge on any atom is 0.238 e. The molecular weight excluding hydrogens is 370 g/mol. The normalized spacial score (nSPS) is 18.6. The van der Waals surface area contributed by atoms with Crippen LogP contribution in [0.25, 0.3) is 0 Å². The van der Waals surface area contributed by atoms with Crippen LogP contribution in [0.15, 0.2) is 24.3 Å². The van der Waals surface area contributed by atoms with Gasteiger partial charge in [0.05, 0.1) is 32.4 Å². The minimum absolute atomic E-state index is 0.0629. The molecule has 1 saturated heterocycles. The van der Waals surface area contributed by atoms with Crippen LogP contribution >= 0.6 is 0 Å². The summed E-state index contributed by atoms with van der Waals surface area (Å²) in [6.45, 7) is 5.10. The van der Waals surface area contributed by atoms with Crippen molar-refractivity contribution in [2.75, 3.05) is 56.7 Å². The number of likely N-dealkylation sites (N-methyl/N-ethyl adjacent to an activating group) is 1. The molecule has 1 aliphatic carbocycles. The van der Waals surface area contributed by atoms with Crippen LogP contribution in [0.1, 0.15) is 19.8 Å². The van der Waals surface area contributed by atoms with E-state index < -0.39 is 5.54 Å². The topological polar surface area (TPSA) is 97.7 Å². The first kappa shape index (κ1) is 21.1. The van der Waals surface area contributed by atoms with Crippen LogP contribution in [0.5, 0.6) is 0 Å². The summed E-state index contributed by atoms with van der Waals surface area (Å²) >= 11 is 0. The van der Waals surface area contributed by atoms with E-state index in [0.717, 1.165) is 50.5 Å². The molecule has 0 spiro atoms. The van der Waals surface area contributed by atoms with E-state index in [0.29, 0.717) is 0 Å². The molecule has 0 bridgehead atoms. The van der Waals surface area contributed by atoms with Crippen LogP contribution < -0.4 is 15.5 Å². The Morgan fingerprint density at radius 1 is 1.21 bits per heavy atom. The fourth-order valence-corrected chi connectivity index (χ4v) is 3.53. The molecule has 0 radical (unpaired) electrons. The number of hydrogen-bond donors (Lipinski definition) is 2. The van der Waals surface area contributed by atoms with E-state index >= 15 is 0 Å². The number of carbonyl (C=O) groups is 2. The zero-order chi connectivity index (χ0) is 20.9. The first-order valence-electron chi connectivity index (χ1n) is 10.0. The molecular formula is C21H29N5O3. The van der Waals surface area contributed by atoms with E-state index in [9.17, 15) is 14.9 Å². The number of nitrogens with zero attached hydrogens (tertiary/aromatic N) is 3. The van der Waals surface area contributed by atoms with Gasteiger partial charge in [-0.05, 0) is 57.0 Å². The van der Waals surface area contributed by atoms with Crippen molar-refractivity contribution in [3.63, 3.8) is 0 Å².